The number of hydrogen-bond donors (Lipinski definition) is 0. The Kier molecular flexibility index (Phi) is 4.69. The molecular formula is C27H22N4O3. The van der Waals surface area contributed by atoms with Gasteiger partial charge in [0.2, 0.25) is 5.82 Å². The van der Waals surface area contributed by atoms with Crippen LogP contribution in [0.3, 0.4) is 0 Å². The summed E-state index contributed by atoms with van der Waals surface area (Å²) in [5.74, 6) is 1.66. The number of methoxy groups -OCH3 is 1. The van der Waals surface area contributed by atoms with Gasteiger partial charge in [-0.15, -0.1) is 0 Å². The number of para-hydroxylation sites is 1. The Morgan fingerprint density at radius 2 is 1.68 bits per heavy atom. The molecule has 0 fully saturated rings. The van der Waals surface area contributed by atoms with Crippen LogP contribution in [0.5, 0.6) is 5.75 Å². The van der Waals surface area contributed by atoms with Crippen molar-refractivity contribution >= 4 is 17.3 Å². The summed E-state index contributed by atoms with van der Waals surface area (Å²) in [5, 5.41) is 4.14. The lowest BCUT2D eigenvalue weighted by molar-refractivity contribution is -0.115. The number of amides is 1. The number of hydrogen-bond acceptors (Lipinski definition) is 6. The normalized spacial score (nSPS) is 18.7. The maximum Gasteiger partial charge on any atom is 0.258 e. The highest BCUT2D eigenvalue weighted by atomic mass is 16.5. The summed E-state index contributed by atoms with van der Waals surface area (Å²) in [6.07, 6.45) is 3.66. The number of nitrogens with zero attached hydrogens (tertiary/aromatic N) is 4. The fraction of sp³-hybridized carbons (Fsp3) is 0.148. The minimum atomic E-state index is -0.0728. The molecule has 2 unspecified atom stereocenters. The van der Waals surface area contributed by atoms with E-state index in [9.17, 15) is 4.79 Å². The number of aromatic nitrogens is 2. The highest BCUT2D eigenvalue weighted by molar-refractivity contribution is 6.04. The highest BCUT2D eigenvalue weighted by Crippen LogP contribution is 2.46. The molecule has 2 aliphatic heterocycles. The standard InChI is InChI=1S/C27H22N4O3/c1-30-22-6-4-3-5-21(22)25-23(30)15-16-24(32)31(25)19-11-7-17(8-12-19)26-28-27(34-29-26)18-9-13-20(33-2)14-10-18/h3-16,23,25H,1-2H3. The molecule has 7 heteroatoms. The second kappa shape index (κ2) is 7.88. The van der Waals surface area contributed by atoms with Crippen molar-refractivity contribution in [2.45, 2.75) is 12.1 Å². The zero-order chi connectivity index (χ0) is 23.2. The zero-order valence-corrected chi connectivity index (χ0v) is 18.8. The molecule has 168 valence electrons. The molecule has 6 rings (SSSR count). The number of carbonyl (C=O) groups excluding carboxylic acids is 1. The lowest BCUT2D eigenvalue weighted by atomic mass is 9.97. The van der Waals surface area contributed by atoms with Crippen molar-refractivity contribution in [3.8, 4) is 28.6 Å². The van der Waals surface area contributed by atoms with Crippen molar-refractivity contribution in [1.82, 2.24) is 10.1 Å². The van der Waals surface area contributed by atoms with Crippen molar-refractivity contribution < 1.29 is 14.1 Å². The summed E-state index contributed by atoms with van der Waals surface area (Å²) in [6.45, 7) is 0. The van der Waals surface area contributed by atoms with Gasteiger partial charge in [0.05, 0.1) is 19.2 Å². The van der Waals surface area contributed by atoms with Gasteiger partial charge in [0, 0.05) is 41.2 Å². The van der Waals surface area contributed by atoms with E-state index in [0.717, 1.165) is 33.8 Å². The second-order valence-electron chi connectivity index (χ2n) is 8.37. The van der Waals surface area contributed by atoms with Crippen LogP contribution in [0.1, 0.15) is 11.6 Å². The Morgan fingerprint density at radius 3 is 2.44 bits per heavy atom. The quantitative estimate of drug-likeness (QED) is 0.442. The third-order valence-electron chi connectivity index (χ3n) is 6.52. The zero-order valence-electron chi connectivity index (χ0n) is 18.8. The van der Waals surface area contributed by atoms with E-state index in [1.165, 1.54) is 0 Å². The molecule has 4 aromatic rings. The second-order valence-corrected chi connectivity index (χ2v) is 8.37. The number of fused-ring (bicyclic) bond motifs is 3. The van der Waals surface area contributed by atoms with Crippen LogP contribution in [-0.2, 0) is 4.79 Å². The lowest BCUT2D eigenvalue weighted by Gasteiger charge is -2.36. The predicted octanol–water partition coefficient (Wildman–Crippen LogP) is 4.87. The van der Waals surface area contributed by atoms with Crippen LogP contribution < -0.4 is 14.5 Å². The van der Waals surface area contributed by atoms with E-state index in [1.54, 1.807) is 13.2 Å². The Balaban J connectivity index is 1.30. The van der Waals surface area contributed by atoms with Crippen LogP contribution in [0, 0.1) is 0 Å². The van der Waals surface area contributed by atoms with E-state index in [2.05, 4.69) is 34.2 Å². The fourth-order valence-corrected chi connectivity index (χ4v) is 4.79. The van der Waals surface area contributed by atoms with Gasteiger partial charge in [-0.3, -0.25) is 9.69 Å². The summed E-state index contributed by atoms with van der Waals surface area (Å²) in [7, 11) is 3.70. The van der Waals surface area contributed by atoms with Crippen molar-refractivity contribution in [1.29, 1.82) is 0 Å². The van der Waals surface area contributed by atoms with Gasteiger partial charge in [0.1, 0.15) is 5.75 Å². The summed E-state index contributed by atoms with van der Waals surface area (Å²) < 4.78 is 10.7. The molecule has 0 bridgehead atoms. The molecule has 0 spiro atoms. The molecule has 3 aromatic carbocycles. The molecule has 0 saturated heterocycles. The minimum Gasteiger partial charge on any atom is -0.497 e. The molecule has 2 aliphatic rings. The Morgan fingerprint density at radius 1 is 0.941 bits per heavy atom. The molecule has 2 atom stereocenters. The number of rotatable bonds is 4. The van der Waals surface area contributed by atoms with Gasteiger partial charge in [0.15, 0.2) is 0 Å². The molecule has 34 heavy (non-hydrogen) atoms. The first kappa shape index (κ1) is 20.2. The third kappa shape index (κ3) is 3.16. The Hall–Kier alpha value is -4.39. The first-order valence-electron chi connectivity index (χ1n) is 11.1. The topological polar surface area (TPSA) is 71.7 Å². The van der Waals surface area contributed by atoms with Gasteiger partial charge < -0.3 is 14.2 Å². The van der Waals surface area contributed by atoms with Crippen LogP contribution in [-0.4, -0.2) is 36.2 Å². The van der Waals surface area contributed by atoms with Crippen molar-refractivity contribution in [3.63, 3.8) is 0 Å². The van der Waals surface area contributed by atoms with Crippen molar-refractivity contribution in [2.24, 2.45) is 0 Å². The maximum absolute atomic E-state index is 13.0. The first-order valence-corrected chi connectivity index (χ1v) is 11.1. The summed E-state index contributed by atoms with van der Waals surface area (Å²) in [4.78, 5) is 21.6. The van der Waals surface area contributed by atoms with Gasteiger partial charge in [-0.2, -0.15) is 4.98 Å². The summed E-state index contributed by atoms with van der Waals surface area (Å²) >= 11 is 0. The van der Waals surface area contributed by atoms with Gasteiger partial charge in [-0.1, -0.05) is 29.4 Å². The Labute approximate surface area is 196 Å². The van der Waals surface area contributed by atoms with E-state index in [1.807, 2.05) is 71.6 Å². The molecule has 7 nitrogen and oxygen atoms in total. The smallest absolute Gasteiger partial charge is 0.258 e. The van der Waals surface area contributed by atoms with Crippen LogP contribution in [0.4, 0.5) is 11.4 Å². The summed E-state index contributed by atoms with van der Waals surface area (Å²) in [6, 6.07) is 23.5. The largest absolute Gasteiger partial charge is 0.497 e. The van der Waals surface area contributed by atoms with E-state index in [-0.39, 0.29) is 18.0 Å². The fourth-order valence-electron chi connectivity index (χ4n) is 4.79. The van der Waals surface area contributed by atoms with E-state index in [0.29, 0.717) is 11.7 Å². The minimum absolute atomic E-state index is 0.0274. The van der Waals surface area contributed by atoms with Gasteiger partial charge in [-0.25, -0.2) is 0 Å². The number of benzene rings is 3. The van der Waals surface area contributed by atoms with Crippen molar-refractivity contribution in [2.75, 3.05) is 24.0 Å². The monoisotopic (exact) mass is 450 g/mol. The van der Waals surface area contributed by atoms with E-state index >= 15 is 0 Å². The molecule has 1 aromatic heterocycles. The first-order chi connectivity index (χ1) is 16.6. The summed E-state index contributed by atoms with van der Waals surface area (Å²) in [5.41, 5.74) is 4.76. The van der Waals surface area contributed by atoms with E-state index in [4.69, 9.17) is 9.26 Å². The molecular weight excluding hydrogens is 428 g/mol. The van der Waals surface area contributed by atoms with Gasteiger partial charge >= 0.3 is 0 Å². The molecule has 1 amide bonds. The van der Waals surface area contributed by atoms with Gasteiger partial charge in [-0.05, 0) is 54.6 Å². The van der Waals surface area contributed by atoms with E-state index < -0.39 is 0 Å². The number of anilines is 2. The lowest BCUT2D eigenvalue weighted by Crippen LogP contribution is -2.44. The predicted molar refractivity (Wildman–Crippen MR) is 130 cm³/mol. The number of likely N-dealkylation sites (N-methyl/N-ethyl adjacent to an activating group) is 1. The number of carbonyl (C=O) groups is 1. The van der Waals surface area contributed by atoms with Crippen LogP contribution >= 0.6 is 0 Å². The van der Waals surface area contributed by atoms with Crippen LogP contribution in [0.25, 0.3) is 22.8 Å². The highest BCUT2D eigenvalue weighted by Gasteiger charge is 2.43. The third-order valence-corrected chi connectivity index (χ3v) is 6.52. The molecule has 0 saturated carbocycles. The van der Waals surface area contributed by atoms with Crippen LogP contribution in [0.15, 0.2) is 89.5 Å². The van der Waals surface area contributed by atoms with Gasteiger partial charge in [0.25, 0.3) is 11.8 Å². The molecule has 3 heterocycles. The molecule has 0 aliphatic carbocycles. The van der Waals surface area contributed by atoms with Crippen LogP contribution in [0.2, 0.25) is 0 Å². The Bertz CT molecular complexity index is 1390. The molecule has 0 N–H and O–H groups in total. The molecule has 0 radical (unpaired) electrons. The maximum atomic E-state index is 13.0. The van der Waals surface area contributed by atoms with Crippen molar-refractivity contribution in [3.05, 3.63) is 90.5 Å². The average Bonchev–Trinajstić information content (AvgIpc) is 3.48. The average molecular weight is 450 g/mol. The SMILES string of the molecule is COc1ccc(-c2nc(-c3ccc(N4C(=O)C=CC5C4c4ccccc4N5C)cc3)no2)cc1. The number of ether oxygens (including phenoxy) is 1.